The molecule has 0 unspecified atom stereocenters. The average Bonchev–Trinajstić information content (AvgIpc) is 2.83. The van der Waals surface area contributed by atoms with Gasteiger partial charge in [-0.1, -0.05) is 32.0 Å². The van der Waals surface area contributed by atoms with E-state index in [-0.39, 0.29) is 28.9 Å². The summed E-state index contributed by atoms with van der Waals surface area (Å²) in [6.45, 7) is 7.35. The number of hydrogen-bond donors (Lipinski definition) is 2. The summed E-state index contributed by atoms with van der Waals surface area (Å²) in [6, 6.07) is 7.33. The Morgan fingerprint density at radius 1 is 1.29 bits per heavy atom. The minimum atomic E-state index is -1.09. The smallest absolute Gasteiger partial charge is 0.338 e. The monoisotopic (exact) mass is 325 g/mol. The van der Waals surface area contributed by atoms with Gasteiger partial charge in [0.15, 0.2) is 5.84 Å². The first-order chi connectivity index (χ1) is 11.3. The molecule has 1 atom stereocenters. The highest BCUT2D eigenvalue weighted by Crippen LogP contribution is 2.28. The summed E-state index contributed by atoms with van der Waals surface area (Å²) in [5.74, 6) is -1.17. The number of amidine groups is 1. The van der Waals surface area contributed by atoms with Crippen LogP contribution in [0.2, 0.25) is 0 Å². The first-order valence-electron chi connectivity index (χ1n) is 7.80. The number of fused-ring (bicyclic) bond motifs is 1. The number of nitrogens with one attached hydrogen (secondary N) is 1. The number of carbonyl (C=O) groups is 2. The van der Waals surface area contributed by atoms with Crippen LogP contribution in [-0.4, -0.2) is 33.3 Å². The molecule has 1 aromatic heterocycles. The van der Waals surface area contributed by atoms with Crippen molar-refractivity contribution in [1.82, 2.24) is 10.3 Å². The Bertz CT molecular complexity index is 902. The lowest BCUT2D eigenvalue weighted by Gasteiger charge is -2.27. The fraction of sp³-hybridized carbons (Fsp3) is 0.333. The largest absolute Gasteiger partial charge is 0.478 e. The maximum Gasteiger partial charge on any atom is 0.338 e. The summed E-state index contributed by atoms with van der Waals surface area (Å²) in [5, 5.41) is 13.5. The van der Waals surface area contributed by atoms with Crippen LogP contribution >= 0.6 is 0 Å². The molecule has 1 aromatic carbocycles. The van der Waals surface area contributed by atoms with Crippen molar-refractivity contribution in [3.8, 4) is 0 Å². The van der Waals surface area contributed by atoms with E-state index in [0.717, 1.165) is 5.39 Å². The number of carboxylic acids is 1. The lowest BCUT2D eigenvalue weighted by Crippen LogP contribution is -2.50. The average molecular weight is 325 g/mol. The molecule has 2 aromatic rings. The highest BCUT2D eigenvalue weighted by Gasteiger charge is 2.43. The molecule has 0 spiro atoms. The van der Waals surface area contributed by atoms with Crippen molar-refractivity contribution in [1.29, 1.82) is 0 Å². The quantitative estimate of drug-likeness (QED) is 0.905. The molecule has 1 amide bonds. The summed E-state index contributed by atoms with van der Waals surface area (Å²) in [7, 11) is 0. The van der Waals surface area contributed by atoms with E-state index in [1.165, 1.54) is 0 Å². The topological polar surface area (TPSA) is 91.6 Å². The van der Waals surface area contributed by atoms with E-state index < -0.39 is 11.5 Å². The van der Waals surface area contributed by atoms with E-state index in [4.69, 9.17) is 0 Å². The highest BCUT2D eigenvalue weighted by atomic mass is 16.4. The Hall–Kier alpha value is -2.76. The van der Waals surface area contributed by atoms with Crippen LogP contribution < -0.4 is 5.32 Å². The number of rotatable bonds is 3. The van der Waals surface area contributed by atoms with Crippen molar-refractivity contribution in [3.63, 3.8) is 0 Å². The van der Waals surface area contributed by atoms with Crippen molar-refractivity contribution < 1.29 is 14.7 Å². The number of aryl methyl sites for hydroxylation is 1. The second-order valence-corrected chi connectivity index (χ2v) is 6.53. The minimum absolute atomic E-state index is 0.00100. The molecular formula is C18H19N3O3. The van der Waals surface area contributed by atoms with E-state index in [0.29, 0.717) is 11.1 Å². The number of aromatic carboxylic acids is 1. The van der Waals surface area contributed by atoms with Crippen LogP contribution in [0.5, 0.6) is 0 Å². The summed E-state index contributed by atoms with van der Waals surface area (Å²) in [6.07, 6.45) is 0. The van der Waals surface area contributed by atoms with Crippen LogP contribution in [0.3, 0.4) is 0 Å². The predicted octanol–water partition coefficient (Wildman–Crippen LogP) is 2.53. The predicted molar refractivity (Wildman–Crippen MR) is 91.4 cm³/mol. The number of benzene rings is 1. The van der Waals surface area contributed by atoms with Crippen molar-refractivity contribution in [2.45, 2.75) is 33.2 Å². The van der Waals surface area contributed by atoms with Crippen LogP contribution in [0.1, 0.15) is 42.4 Å². The second-order valence-electron chi connectivity index (χ2n) is 6.53. The lowest BCUT2D eigenvalue weighted by molar-refractivity contribution is -0.123. The molecule has 0 saturated carbocycles. The maximum absolute atomic E-state index is 12.3. The Morgan fingerprint density at radius 3 is 2.54 bits per heavy atom. The molecule has 6 heteroatoms. The number of hydrogen-bond acceptors (Lipinski definition) is 4. The fourth-order valence-electron chi connectivity index (χ4n) is 2.86. The number of carbonyl (C=O) groups excluding carboxylic acids is 1. The van der Waals surface area contributed by atoms with Crippen molar-refractivity contribution in [3.05, 3.63) is 41.1 Å². The van der Waals surface area contributed by atoms with E-state index in [2.05, 4.69) is 15.3 Å². The van der Waals surface area contributed by atoms with E-state index in [9.17, 15) is 14.7 Å². The van der Waals surface area contributed by atoms with Gasteiger partial charge >= 0.3 is 5.97 Å². The van der Waals surface area contributed by atoms with Crippen molar-refractivity contribution in [2.24, 2.45) is 10.9 Å². The third-order valence-electron chi connectivity index (χ3n) is 4.78. The van der Waals surface area contributed by atoms with Crippen molar-refractivity contribution in [2.75, 3.05) is 0 Å². The van der Waals surface area contributed by atoms with Crippen LogP contribution in [-0.2, 0) is 4.79 Å². The molecule has 0 fully saturated rings. The molecule has 1 aliphatic rings. The van der Waals surface area contributed by atoms with Gasteiger partial charge in [-0.15, -0.1) is 0 Å². The molecule has 24 heavy (non-hydrogen) atoms. The third kappa shape index (κ3) is 2.26. The molecule has 2 heterocycles. The normalized spacial score (nSPS) is 20.4. The summed E-state index contributed by atoms with van der Waals surface area (Å²) >= 11 is 0. The van der Waals surface area contributed by atoms with Gasteiger partial charge in [0.05, 0.1) is 11.1 Å². The zero-order valence-electron chi connectivity index (χ0n) is 14.0. The number of carboxylic acid groups (broad SMARTS) is 1. The number of amides is 1. The van der Waals surface area contributed by atoms with Gasteiger partial charge in [-0.2, -0.15) is 4.99 Å². The third-order valence-corrected chi connectivity index (χ3v) is 4.78. The van der Waals surface area contributed by atoms with Gasteiger partial charge in [0, 0.05) is 5.39 Å². The Kier molecular flexibility index (Phi) is 3.63. The first kappa shape index (κ1) is 16.1. The Morgan fingerprint density at radius 2 is 1.96 bits per heavy atom. The van der Waals surface area contributed by atoms with Gasteiger partial charge in [0.2, 0.25) is 0 Å². The number of aliphatic imine (C=N–C) groups is 1. The molecule has 3 rings (SSSR count). The molecule has 0 saturated heterocycles. The molecule has 124 valence electrons. The van der Waals surface area contributed by atoms with Crippen LogP contribution in [0.25, 0.3) is 10.9 Å². The van der Waals surface area contributed by atoms with Gasteiger partial charge < -0.3 is 10.4 Å². The second kappa shape index (κ2) is 5.40. The summed E-state index contributed by atoms with van der Waals surface area (Å²) < 4.78 is 0. The van der Waals surface area contributed by atoms with Crippen LogP contribution in [0, 0.1) is 12.8 Å². The van der Waals surface area contributed by atoms with Gasteiger partial charge in [0.25, 0.3) is 5.91 Å². The number of pyridine rings is 1. The highest BCUT2D eigenvalue weighted by molar-refractivity contribution is 6.17. The van der Waals surface area contributed by atoms with Gasteiger partial charge in [-0.25, -0.2) is 9.78 Å². The molecular weight excluding hydrogens is 306 g/mol. The molecule has 0 radical (unpaired) electrons. The van der Waals surface area contributed by atoms with Gasteiger partial charge in [0.1, 0.15) is 11.2 Å². The zero-order valence-corrected chi connectivity index (χ0v) is 14.0. The number of nitrogens with zero attached hydrogens (tertiary/aromatic N) is 2. The summed E-state index contributed by atoms with van der Waals surface area (Å²) in [4.78, 5) is 32.7. The molecule has 6 nitrogen and oxygen atoms in total. The van der Waals surface area contributed by atoms with Crippen molar-refractivity contribution >= 4 is 28.6 Å². The van der Waals surface area contributed by atoms with E-state index >= 15 is 0 Å². The van der Waals surface area contributed by atoms with Crippen LogP contribution in [0.4, 0.5) is 0 Å². The zero-order chi connectivity index (χ0) is 17.6. The maximum atomic E-state index is 12.3. The standard InChI is InChI=1S/C18H19N3O3/c1-9(2)18(4)17(24)20-15(21-18)14-13(16(22)23)10(3)11-7-5-6-8-12(11)19-14/h5-9H,1-4H3,(H,22,23)(H,20,21,24)/t18-/m0/s1. The molecule has 0 aliphatic carbocycles. The minimum Gasteiger partial charge on any atom is -0.478 e. The lowest BCUT2D eigenvalue weighted by atomic mass is 9.88. The van der Waals surface area contributed by atoms with Gasteiger partial charge in [-0.05, 0) is 31.4 Å². The van der Waals surface area contributed by atoms with E-state index in [1.807, 2.05) is 38.1 Å². The number of para-hydroxylation sites is 1. The summed E-state index contributed by atoms with van der Waals surface area (Å²) in [5.41, 5.74) is 0.701. The first-order valence-corrected chi connectivity index (χ1v) is 7.80. The Labute approximate surface area is 139 Å². The SMILES string of the molecule is Cc1c(C(=O)O)c(C2=NC(=O)[C@](C)(C(C)C)N2)nc2ccccc12. The Balaban J connectivity index is 2.24. The van der Waals surface area contributed by atoms with Gasteiger partial charge in [-0.3, -0.25) is 4.79 Å². The molecule has 0 bridgehead atoms. The van der Waals surface area contributed by atoms with Crippen LogP contribution in [0.15, 0.2) is 29.3 Å². The molecule has 2 N–H and O–H groups in total. The molecule has 1 aliphatic heterocycles. The number of aromatic nitrogens is 1. The fourth-order valence-corrected chi connectivity index (χ4v) is 2.86. The van der Waals surface area contributed by atoms with E-state index in [1.54, 1.807) is 13.8 Å².